The summed E-state index contributed by atoms with van der Waals surface area (Å²) in [6.45, 7) is 3.88. The molecule has 0 fully saturated rings. The lowest BCUT2D eigenvalue weighted by molar-refractivity contribution is 0.410. The Morgan fingerprint density at radius 2 is 1.70 bits per heavy atom. The maximum absolute atomic E-state index is 12.8. The highest BCUT2D eigenvalue weighted by molar-refractivity contribution is 7.89. The molecule has 6 heteroatoms. The highest BCUT2D eigenvalue weighted by atomic mass is 35.5. The van der Waals surface area contributed by atoms with Crippen LogP contribution >= 0.6 is 11.6 Å². The van der Waals surface area contributed by atoms with Gasteiger partial charge in [0.15, 0.2) is 0 Å². The molecule has 0 amide bonds. The summed E-state index contributed by atoms with van der Waals surface area (Å²) in [6.07, 6.45) is 0. The van der Waals surface area contributed by atoms with Gasteiger partial charge in [-0.3, -0.25) is 0 Å². The van der Waals surface area contributed by atoms with Crippen molar-refractivity contribution in [2.75, 3.05) is 14.2 Å². The molecule has 0 heterocycles. The average molecular weight is 354 g/mol. The lowest BCUT2D eigenvalue weighted by Crippen LogP contribution is -2.27. The van der Waals surface area contributed by atoms with Gasteiger partial charge < -0.3 is 4.74 Å². The predicted molar refractivity (Wildman–Crippen MR) is 92.6 cm³/mol. The van der Waals surface area contributed by atoms with Crippen molar-refractivity contribution in [3.63, 3.8) is 0 Å². The fourth-order valence-electron chi connectivity index (χ4n) is 2.36. The molecule has 2 rings (SSSR count). The van der Waals surface area contributed by atoms with Gasteiger partial charge in [0.2, 0.25) is 10.0 Å². The van der Waals surface area contributed by atoms with Gasteiger partial charge in [0.05, 0.1) is 12.0 Å². The molecule has 0 aliphatic heterocycles. The minimum absolute atomic E-state index is 0.282. The Hall–Kier alpha value is -1.56. The van der Waals surface area contributed by atoms with E-state index in [2.05, 4.69) is 0 Å². The first-order valence-electron chi connectivity index (χ1n) is 7.11. The molecule has 0 atom stereocenters. The highest BCUT2D eigenvalue weighted by Crippen LogP contribution is 2.28. The van der Waals surface area contributed by atoms with E-state index in [0.717, 1.165) is 11.1 Å². The predicted octanol–water partition coefficient (Wildman–Crippen LogP) is 3.79. The van der Waals surface area contributed by atoms with Gasteiger partial charge in [-0.25, -0.2) is 8.42 Å². The summed E-state index contributed by atoms with van der Waals surface area (Å²) >= 11 is 5.86. The van der Waals surface area contributed by atoms with Crippen LogP contribution in [0.1, 0.15) is 16.7 Å². The molecule has 0 saturated heterocycles. The Morgan fingerprint density at radius 1 is 1.09 bits per heavy atom. The third-order valence-electron chi connectivity index (χ3n) is 3.70. The fraction of sp³-hybridized carbons (Fsp3) is 0.294. The van der Waals surface area contributed by atoms with Crippen molar-refractivity contribution in [1.82, 2.24) is 4.31 Å². The van der Waals surface area contributed by atoms with Crippen molar-refractivity contribution in [2.45, 2.75) is 25.3 Å². The largest absolute Gasteiger partial charge is 0.496 e. The summed E-state index contributed by atoms with van der Waals surface area (Å²) in [4.78, 5) is 0.298. The monoisotopic (exact) mass is 353 g/mol. The van der Waals surface area contributed by atoms with E-state index in [4.69, 9.17) is 16.3 Å². The van der Waals surface area contributed by atoms with Gasteiger partial charge in [0.1, 0.15) is 5.75 Å². The second kappa shape index (κ2) is 6.91. The van der Waals surface area contributed by atoms with Crippen LogP contribution in [0.5, 0.6) is 5.75 Å². The molecule has 2 aromatic carbocycles. The van der Waals surface area contributed by atoms with Gasteiger partial charge in [-0.1, -0.05) is 23.7 Å². The normalized spacial score (nSPS) is 11.7. The van der Waals surface area contributed by atoms with Crippen LogP contribution in [-0.2, 0) is 16.6 Å². The molecule has 0 unspecified atom stereocenters. The van der Waals surface area contributed by atoms with Crippen LogP contribution in [0.2, 0.25) is 5.02 Å². The molecule has 0 radical (unpaired) electrons. The summed E-state index contributed by atoms with van der Waals surface area (Å²) in [5.74, 6) is 0.682. The van der Waals surface area contributed by atoms with Gasteiger partial charge in [0.25, 0.3) is 0 Å². The highest BCUT2D eigenvalue weighted by Gasteiger charge is 2.24. The van der Waals surface area contributed by atoms with E-state index >= 15 is 0 Å². The Kier molecular flexibility index (Phi) is 5.34. The van der Waals surface area contributed by atoms with E-state index in [9.17, 15) is 8.42 Å². The van der Waals surface area contributed by atoms with Crippen molar-refractivity contribution >= 4 is 21.6 Å². The molecule has 0 aliphatic rings. The zero-order valence-electron chi connectivity index (χ0n) is 13.6. The number of rotatable bonds is 5. The lowest BCUT2D eigenvalue weighted by atomic mass is 10.1. The van der Waals surface area contributed by atoms with E-state index in [1.54, 1.807) is 45.3 Å². The Labute approximate surface area is 142 Å². The van der Waals surface area contributed by atoms with Gasteiger partial charge in [-0.2, -0.15) is 4.31 Å². The topological polar surface area (TPSA) is 46.6 Å². The second-order valence-corrected chi connectivity index (χ2v) is 7.92. The Morgan fingerprint density at radius 3 is 2.26 bits per heavy atom. The number of hydrogen-bond acceptors (Lipinski definition) is 3. The maximum Gasteiger partial charge on any atom is 0.243 e. The Balaban J connectivity index is 2.34. The molecule has 4 nitrogen and oxygen atoms in total. The number of hydrogen-bond donors (Lipinski definition) is 0. The van der Waals surface area contributed by atoms with Crippen LogP contribution in [0.25, 0.3) is 0 Å². The van der Waals surface area contributed by atoms with Crippen molar-refractivity contribution in [3.05, 3.63) is 58.1 Å². The van der Waals surface area contributed by atoms with Gasteiger partial charge >= 0.3 is 0 Å². The van der Waals surface area contributed by atoms with Crippen molar-refractivity contribution in [1.29, 1.82) is 0 Å². The van der Waals surface area contributed by atoms with Gasteiger partial charge in [-0.15, -0.1) is 0 Å². The first kappa shape index (κ1) is 17.8. The fourth-order valence-corrected chi connectivity index (χ4v) is 3.93. The number of benzene rings is 2. The van der Waals surface area contributed by atoms with E-state index in [1.165, 1.54) is 4.31 Å². The second-order valence-electron chi connectivity index (χ2n) is 5.47. The molecule has 0 bridgehead atoms. The van der Waals surface area contributed by atoms with Gasteiger partial charge in [-0.05, 0) is 54.8 Å². The molecule has 0 aliphatic carbocycles. The third-order valence-corrected chi connectivity index (χ3v) is 5.90. The van der Waals surface area contributed by atoms with Crippen molar-refractivity contribution in [2.24, 2.45) is 0 Å². The van der Waals surface area contributed by atoms with Crippen LogP contribution < -0.4 is 4.74 Å². The van der Waals surface area contributed by atoms with E-state index in [-0.39, 0.29) is 6.54 Å². The molecule has 2 aromatic rings. The average Bonchev–Trinajstić information content (AvgIpc) is 2.51. The first-order valence-corrected chi connectivity index (χ1v) is 8.93. The number of nitrogens with zero attached hydrogens (tertiary/aromatic N) is 1. The first-order chi connectivity index (χ1) is 10.8. The number of sulfonamides is 1. The van der Waals surface area contributed by atoms with Crippen LogP contribution in [0.15, 0.2) is 41.3 Å². The van der Waals surface area contributed by atoms with Crippen molar-refractivity contribution in [3.8, 4) is 5.75 Å². The molecule has 0 saturated carbocycles. The zero-order valence-corrected chi connectivity index (χ0v) is 15.2. The van der Waals surface area contributed by atoms with E-state index in [0.29, 0.717) is 21.2 Å². The third kappa shape index (κ3) is 3.86. The smallest absolute Gasteiger partial charge is 0.243 e. The molecule has 0 N–H and O–H groups in total. The van der Waals surface area contributed by atoms with E-state index in [1.807, 2.05) is 19.1 Å². The molecule has 0 aromatic heterocycles. The summed E-state index contributed by atoms with van der Waals surface area (Å²) in [5.41, 5.74) is 2.33. The van der Waals surface area contributed by atoms with E-state index < -0.39 is 10.0 Å². The van der Waals surface area contributed by atoms with Gasteiger partial charge in [0, 0.05) is 18.6 Å². The minimum Gasteiger partial charge on any atom is -0.496 e. The standard InChI is InChI=1S/C17H20ClNO3S/c1-12-10-17(13(2)9-16(12)22-4)23(20,21)19(3)11-14-5-7-15(18)8-6-14/h5-10H,11H2,1-4H3. The molecular weight excluding hydrogens is 334 g/mol. The molecule has 124 valence electrons. The van der Waals surface area contributed by atoms with Crippen LogP contribution in [-0.4, -0.2) is 26.9 Å². The van der Waals surface area contributed by atoms with Crippen molar-refractivity contribution < 1.29 is 13.2 Å². The Bertz CT molecular complexity index is 801. The quantitative estimate of drug-likeness (QED) is 0.821. The summed E-state index contributed by atoms with van der Waals surface area (Å²) in [7, 11) is -0.436. The zero-order chi connectivity index (χ0) is 17.2. The number of ether oxygens (including phenoxy) is 1. The molecule has 0 spiro atoms. The molecule has 23 heavy (non-hydrogen) atoms. The molecular formula is C17H20ClNO3S. The van der Waals surface area contributed by atoms with Crippen LogP contribution in [0, 0.1) is 13.8 Å². The number of aryl methyl sites for hydroxylation is 2. The number of methoxy groups -OCH3 is 1. The lowest BCUT2D eigenvalue weighted by Gasteiger charge is -2.20. The SMILES string of the molecule is COc1cc(C)c(S(=O)(=O)N(C)Cc2ccc(Cl)cc2)cc1C. The summed E-state index contributed by atoms with van der Waals surface area (Å²) in [5, 5.41) is 0.626. The minimum atomic E-state index is -3.58. The maximum atomic E-state index is 12.8. The van der Waals surface area contributed by atoms with Crippen LogP contribution in [0.3, 0.4) is 0 Å². The van der Waals surface area contributed by atoms with Crippen LogP contribution in [0.4, 0.5) is 0 Å². The summed E-state index contributed by atoms with van der Waals surface area (Å²) < 4.78 is 32.2. The summed E-state index contributed by atoms with van der Waals surface area (Å²) in [6, 6.07) is 10.5. The number of halogens is 1.